The quantitative estimate of drug-likeness (QED) is 0.718. The topological polar surface area (TPSA) is 21.7 Å². The second-order valence-corrected chi connectivity index (χ2v) is 5.38. The van der Waals surface area contributed by atoms with Crippen LogP contribution in [0.1, 0.15) is 26.2 Å². The van der Waals surface area contributed by atoms with Crippen molar-refractivity contribution >= 4 is 11.6 Å². The average molecular weight is 298 g/mol. The zero-order valence-electron chi connectivity index (χ0n) is 12.2. The molecule has 1 heterocycles. The van der Waals surface area contributed by atoms with Crippen molar-refractivity contribution in [2.45, 2.75) is 32.2 Å². The van der Waals surface area contributed by atoms with E-state index >= 15 is 0 Å². The molecule has 0 saturated carbocycles. The smallest absolute Gasteiger partial charge is 0.161 e. The summed E-state index contributed by atoms with van der Waals surface area (Å²) in [6.07, 6.45) is 3.77. The van der Waals surface area contributed by atoms with Crippen molar-refractivity contribution in [3.63, 3.8) is 0 Å². The van der Waals surface area contributed by atoms with Crippen LogP contribution < -0.4 is 9.47 Å². The van der Waals surface area contributed by atoms with Gasteiger partial charge in [-0.2, -0.15) is 0 Å². The Morgan fingerprint density at radius 1 is 1.20 bits per heavy atom. The van der Waals surface area contributed by atoms with Gasteiger partial charge in [0.05, 0.1) is 6.61 Å². The zero-order chi connectivity index (χ0) is 14.2. The SMILES string of the molecule is CCOc1ccccc1OCCN1CCCCC1CCl. The van der Waals surface area contributed by atoms with Crippen LogP contribution in [0, 0.1) is 0 Å². The minimum absolute atomic E-state index is 0.510. The van der Waals surface area contributed by atoms with Gasteiger partial charge >= 0.3 is 0 Å². The highest BCUT2D eigenvalue weighted by molar-refractivity contribution is 6.18. The first-order valence-corrected chi connectivity index (χ1v) is 8.03. The molecule has 0 spiro atoms. The minimum Gasteiger partial charge on any atom is -0.490 e. The summed E-state index contributed by atoms with van der Waals surface area (Å²) in [5, 5.41) is 0. The number of hydrogen-bond acceptors (Lipinski definition) is 3. The Labute approximate surface area is 126 Å². The van der Waals surface area contributed by atoms with Crippen molar-refractivity contribution in [3.05, 3.63) is 24.3 Å². The predicted molar refractivity (Wildman–Crippen MR) is 83.0 cm³/mol. The fourth-order valence-electron chi connectivity index (χ4n) is 2.65. The van der Waals surface area contributed by atoms with E-state index in [1.165, 1.54) is 19.3 Å². The molecule has 112 valence electrons. The molecule has 1 aliphatic heterocycles. The van der Waals surface area contributed by atoms with Gasteiger partial charge in [-0.15, -0.1) is 11.6 Å². The van der Waals surface area contributed by atoms with Crippen molar-refractivity contribution in [1.29, 1.82) is 0 Å². The maximum absolute atomic E-state index is 6.03. The van der Waals surface area contributed by atoms with Gasteiger partial charge in [-0.25, -0.2) is 0 Å². The van der Waals surface area contributed by atoms with E-state index in [0.29, 0.717) is 19.3 Å². The number of halogens is 1. The molecular weight excluding hydrogens is 274 g/mol. The van der Waals surface area contributed by atoms with Gasteiger partial charge < -0.3 is 9.47 Å². The van der Waals surface area contributed by atoms with Gasteiger partial charge in [-0.1, -0.05) is 18.6 Å². The van der Waals surface area contributed by atoms with E-state index < -0.39 is 0 Å². The monoisotopic (exact) mass is 297 g/mol. The van der Waals surface area contributed by atoms with Crippen LogP contribution in [0.3, 0.4) is 0 Å². The number of ether oxygens (including phenoxy) is 2. The molecule has 4 heteroatoms. The Bertz CT molecular complexity index is 400. The Morgan fingerprint density at radius 3 is 2.65 bits per heavy atom. The van der Waals surface area contributed by atoms with Gasteiger partial charge in [0.25, 0.3) is 0 Å². The summed E-state index contributed by atoms with van der Waals surface area (Å²) in [5.74, 6) is 2.37. The maximum atomic E-state index is 6.03. The normalized spacial score (nSPS) is 19.8. The molecule has 1 aromatic carbocycles. The van der Waals surface area contributed by atoms with Crippen LogP contribution >= 0.6 is 11.6 Å². The van der Waals surface area contributed by atoms with Crippen molar-refractivity contribution in [2.24, 2.45) is 0 Å². The lowest BCUT2D eigenvalue weighted by atomic mass is 10.0. The summed E-state index contributed by atoms with van der Waals surface area (Å²) in [5.41, 5.74) is 0. The zero-order valence-corrected chi connectivity index (χ0v) is 12.9. The number of nitrogens with zero attached hydrogens (tertiary/aromatic N) is 1. The molecule has 3 nitrogen and oxygen atoms in total. The standard InChI is InChI=1S/C16H24ClNO2/c1-2-19-15-8-3-4-9-16(15)20-12-11-18-10-6-5-7-14(18)13-17/h3-4,8-9,14H,2,5-7,10-13H2,1H3. The van der Waals surface area contributed by atoms with E-state index in [-0.39, 0.29) is 0 Å². The van der Waals surface area contributed by atoms with Gasteiger partial charge in [-0.05, 0) is 38.4 Å². The summed E-state index contributed by atoms with van der Waals surface area (Å²) in [6.45, 7) is 5.37. The molecule has 0 aliphatic carbocycles. The molecular formula is C16H24ClNO2. The molecule has 1 saturated heterocycles. The summed E-state index contributed by atoms with van der Waals surface area (Å²) in [4.78, 5) is 2.44. The predicted octanol–water partition coefficient (Wildman–Crippen LogP) is 3.56. The first-order chi connectivity index (χ1) is 9.85. The van der Waals surface area contributed by atoms with Gasteiger partial charge in [0.2, 0.25) is 0 Å². The van der Waals surface area contributed by atoms with Crippen LogP contribution in [0.2, 0.25) is 0 Å². The van der Waals surface area contributed by atoms with Crippen LogP contribution in [0.25, 0.3) is 0 Å². The number of benzene rings is 1. The lowest BCUT2D eigenvalue weighted by Crippen LogP contribution is -2.42. The third-order valence-electron chi connectivity index (χ3n) is 3.71. The highest BCUT2D eigenvalue weighted by atomic mass is 35.5. The fourth-order valence-corrected chi connectivity index (χ4v) is 3.00. The summed E-state index contributed by atoms with van der Waals surface area (Å²) >= 11 is 6.03. The van der Waals surface area contributed by atoms with E-state index in [1.807, 2.05) is 31.2 Å². The molecule has 2 rings (SSSR count). The highest BCUT2D eigenvalue weighted by Gasteiger charge is 2.21. The van der Waals surface area contributed by atoms with Crippen LogP contribution in [0.5, 0.6) is 11.5 Å². The average Bonchev–Trinajstić information content (AvgIpc) is 2.50. The molecule has 0 bridgehead atoms. The van der Waals surface area contributed by atoms with Crippen LogP contribution in [-0.2, 0) is 0 Å². The maximum Gasteiger partial charge on any atom is 0.161 e. The second kappa shape index (κ2) is 8.38. The number of likely N-dealkylation sites (tertiary alicyclic amines) is 1. The molecule has 0 aromatic heterocycles. The van der Waals surface area contributed by atoms with E-state index in [1.54, 1.807) is 0 Å². The molecule has 0 radical (unpaired) electrons. The summed E-state index contributed by atoms with van der Waals surface area (Å²) < 4.78 is 11.4. The number of rotatable bonds is 7. The number of hydrogen-bond donors (Lipinski definition) is 0. The van der Waals surface area contributed by atoms with E-state index in [2.05, 4.69) is 4.90 Å². The van der Waals surface area contributed by atoms with Gasteiger partial charge in [0.15, 0.2) is 11.5 Å². The molecule has 1 atom stereocenters. The third kappa shape index (κ3) is 4.29. The Hall–Kier alpha value is -0.930. The lowest BCUT2D eigenvalue weighted by Gasteiger charge is -2.34. The van der Waals surface area contributed by atoms with Gasteiger partial charge in [0.1, 0.15) is 6.61 Å². The van der Waals surface area contributed by atoms with Gasteiger partial charge in [0, 0.05) is 18.5 Å². The van der Waals surface area contributed by atoms with Crippen LogP contribution in [0.15, 0.2) is 24.3 Å². The molecule has 1 aromatic rings. The molecule has 1 unspecified atom stereocenters. The number of piperidine rings is 1. The van der Waals surface area contributed by atoms with Gasteiger partial charge in [-0.3, -0.25) is 4.90 Å². The summed E-state index contributed by atoms with van der Waals surface area (Å²) in [6, 6.07) is 8.35. The second-order valence-electron chi connectivity index (χ2n) is 5.07. The fraction of sp³-hybridized carbons (Fsp3) is 0.625. The Balaban J connectivity index is 1.83. The van der Waals surface area contributed by atoms with E-state index in [0.717, 1.165) is 30.5 Å². The van der Waals surface area contributed by atoms with Crippen LogP contribution in [0.4, 0.5) is 0 Å². The largest absolute Gasteiger partial charge is 0.490 e. The Kier molecular flexibility index (Phi) is 6.48. The Morgan fingerprint density at radius 2 is 1.95 bits per heavy atom. The third-order valence-corrected chi connectivity index (χ3v) is 4.07. The van der Waals surface area contributed by atoms with Crippen molar-refractivity contribution in [2.75, 3.05) is 32.2 Å². The number of para-hydroxylation sites is 2. The highest BCUT2D eigenvalue weighted by Crippen LogP contribution is 2.26. The van der Waals surface area contributed by atoms with E-state index in [4.69, 9.17) is 21.1 Å². The number of alkyl halides is 1. The van der Waals surface area contributed by atoms with Crippen molar-refractivity contribution < 1.29 is 9.47 Å². The first-order valence-electron chi connectivity index (χ1n) is 7.49. The van der Waals surface area contributed by atoms with Crippen molar-refractivity contribution in [1.82, 2.24) is 4.90 Å². The molecule has 20 heavy (non-hydrogen) atoms. The van der Waals surface area contributed by atoms with Crippen LogP contribution in [-0.4, -0.2) is 43.1 Å². The lowest BCUT2D eigenvalue weighted by molar-refractivity contribution is 0.133. The van der Waals surface area contributed by atoms with Crippen molar-refractivity contribution in [3.8, 4) is 11.5 Å². The first kappa shape index (κ1) is 15.5. The molecule has 1 aliphatic rings. The molecule has 1 fully saturated rings. The molecule has 0 N–H and O–H groups in total. The van der Waals surface area contributed by atoms with E-state index in [9.17, 15) is 0 Å². The molecule has 0 amide bonds. The minimum atomic E-state index is 0.510. The summed E-state index contributed by atoms with van der Waals surface area (Å²) in [7, 11) is 0.